The Kier molecular flexibility index (Phi) is 7.20. The molecule has 0 aromatic heterocycles. The van der Waals surface area contributed by atoms with Gasteiger partial charge in [0.2, 0.25) is 15.9 Å². The number of unbranched alkanes of at least 4 members (excludes halogenated alkanes) is 1. The predicted octanol–water partition coefficient (Wildman–Crippen LogP) is 2.08. The fraction of sp³-hybridized carbons (Fsp3) is 0.588. The molecule has 1 aromatic rings. The predicted molar refractivity (Wildman–Crippen MR) is 92.4 cm³/mol. The van der Waals surface area contributed by atoms with Crippen LogP contribution in [0, 0.1) is 5.92 Å². The molecule has 0 atom stereocenters. The van der Waals surface area contributed by atoms with E-state index in [9.17, 15) is 13.2 Å². The summed E-state index contributed by atoms with van der Waals surface area (Å²) < 4.78 is 25.8. The van der Waals surface area contributed by atoms with Crippen molar-refractivity contribution < 1.29 is 18.0 Å². The van der Waals surface area contributed by atoms with Crippen LogP contribution >= 0.6 is 0 Å². The summed E-state index contributed by atoms with van der Waals surface area (Å²) in [5.41, 5.74) is 3.46. The molecule has 1 heterocycles. The molecule has 0 bridgehead atoms. The van der Waals surface area contributed by atoms with E-state index in [0.717, 1.165) is 12.0 Å². The number of carbonyl (C=O) groups is 1. The first-order valence-electron chi connectivity index (χ1n) is 8.46. The third-order valence-corrected chi connectivity index (χ3v) is 6.18. The Labute approximate surface area is 144 Å². The van der Waals surface area contributed by atoms with Crippen LogP contribution in [0.3, 0.4) is 0 Å². The van der Waals surface area contributed by atoms with Crippen LogP contribution in [0.1, 0.15) is 38.2 Å². The number of hydrogen-bond acceptors (Lipinski definition) is 4. The largest absolute Gasteiger partial charge is 0.272 e. The van der Waals surface area contributed by atoms with Crippen LogP contribution < -0.4 is 5.48 Å². The quantitative estimate of drug-likeness (QED) is 0.725. The summed E-state index contributed by atoms with van der Waals surface area (Å²) in [4.78, 5) is 17.4. The Morgan fingerprint density at radius 1 is 1.25 bits per heavy atom. The molecule has 1 fully saturated rings. The SMILES string of the molecule is CCCCS(=O)(=O)N1CCC(C(=O)NOCc2ccccc2)CC1. The zero-order valence-electron chi connectivity index (χ0n) is 14.1. The smallest absolute Gasteiger partial charge is 0.246 e. The normalized spacial score (nSPS) is 16.9. The fourth-order valence-electron chi connectivity index (χ4n) is 2.70. The zero-order chi connectivity index (χ0) is 17.4. The van der Waals surface area contributed by atoms with Crippen LogP contribution in [-0.4, -0.2) is 37.5 Å². The molecule has 0 spiro atoms. The van der Waals surface area contributed by atoms with Crippen molar-refractivity contribution in [1.29, 1.82) is 0 Å². The monoisotopic (exact) mass is 354 g/mol. The van der Waals surface area contributed by atoms with Gasteiger partial charge >= 0.3 is 0 Å². The van der Waals surface area contributed by atoms with Gasteiger partial charge in [0.25, 0.3) is 0 Å². The maximum Gasteiger partial charge on any atom is 0.246 e. The zero-order valence-corrected chi connectivity index (χ0v) is 14.9. The van der Waals surface area contributed by atoms with E-state index >= 15 is 0 Å². The summed E-state index contributed by atoms with van der Waals surface area (Å²) in [6, 6.07) is 9.59. The van der Waals surface area contributed by atoms with Gasteiger partial charge in [0.15, 0.2) is 0 Å². The molecule has 0 unspecified atom stereocenters. The number of hydroxylamine groups is 1. The van der Waals surface area contributed by atoms with Crippen molar-refractivity contribution in [1.82, 2.24) is 9.79 Å². The Hall–Kier alpha value is -1.44. The van der Waals surface area contributed by atoms with E-state index in [1.165, 1.54) is 4.31 Å². The van der Waals surface area contributed by atoms with E-state index in [1.54, 1.807) is 0 Å². The summed E-state index contributed by atoms with van der Waals surface area (Å²) in [5, 5.41) is 0. The lowest BCUT2D eigenvalue weighted by Gasteiger charge is -2.30. The standard InChI is InChI=1S/C17H26N2O4S/c1-2-3-13-24(21,22)19-11-9-16(10-12-19)17(20)18-23-14-15-7-5-4-6-8-15/h4-8,16H,2-3,9-14H2,1H3,(H,18,20). The fourth-order valence-corrected chi connectivity index (χ4v) is 4.38. The number of benzene rings is 1. The lowest BCUT2D eigenvalue weighted by molar-refractivity contribution is -0.140. The highest BCUT2D eigenvalue weighted by Gasteiger charge is 2.30. The van der Waals surface area contributed by atoms with Gasteiger partial charge in [0.05, 0.1) is 12.4 Å². The van der Waals surface area contributed by atoms with Crippen LogP contribution in [-0.2, 0) is 26.3 Å². The van der Waals surface area contributed by atoms with Crippen LogP contribution in [0.15, 0.2) is 30.3 Å². The maximum atomic E-state index is 12.2. The van der Waals surface area contributed by atoms with Gasteiger partial charge in [0.1, 0.15) is 0 Å². The maximum absolute atomic E-state index is 12.2. The van der Waals surface area contributed by atoms with Crippen molar-refractivity contribution in [3.8, 4) is 0 Å². The number of nitrogens with zero attached hydrogens (tertiary/aromatic N) is 1. The summed E-state index contributed by atoms with van der Waals surface area (Å²) >= 11 is 0. The molecule has 1 aliphatic heterocycles. The van der Waals surface area contributed by atoms with Crippen molar-refractivity contribution in [2.45, 2.75) is 39.2 Å². The molecular formula is C17H26N2O4S. The number of carbonyl (C=O) groups excluding carboxylic acids is 1. The minimum atomic E-state index is -3.18. The van der Waals surface area contributed by atoms with E-state index in [-0.39, 0.29) is 17.6 Å². The molecule has 1 aliphatic rings. The number of sulfonamides is 1. The average molecular weight is 354 g/mol. The van der Waals surface area contributed by atoms with Gasteiger partial charge in [-0.2, -0.15) is 0 Å². The van der Waals surface area contributed by atoms with Crippen molar-refractivity contribution in [2.24, 2.45) is 5.92 Å². The highest BCUT2D eigenvalue weighted by atomic mass is 32.2. The molecule has 1 saturated heterocycles. The lowest BCUT2D eigenvalue weighted by atomic mass is 9.98. The van der Waals surface area contributed by atoms with Crippen LogP contribution in [0.4, 0.5) is 0 Å². The molecule has 7 heteroatoms. The van der Waals surface area contributed by atoms with Gasteiger partial charge in [-0.3, -0.25) is 9.63 Å². The molecule has 0 saturated carbocycles. The van der Waals surface area contributed by atoms with Gasteiger partial charge in [-0.1, -0.05) is 43.7 Å². The minimum absolute atomic E-state index is 0.170. The lowest BCUT2D eigenvalue weighted by Crippen LogP contribution is -2.43. The average Bonchev–Trinajstić information content (AvgIpc) is 2.61. The third-order valence-electron chi connectivity index (χ3n) is 4.23. The van der Waals surface area contributed by atoms with Gasteiger partial charge in [0, 0.05) is 19.0 Å². The van der Waals surface area contributed by atoms with Gasteiger partial charge in [-0.15, -0.1) is 0 Å². The summed E-state index contributed by atoms with van der Waals surface area (Å²) in [6.45, 7) is 3.10. The molecule has 2 rings (SSSR count). The van der Waals surface area contributed by atoms with Gasteiger partial charge in [-0.05, 0) is 24.8 Å². The molecule has 1 N–H and O–H groups in total. The minimum Gasteiger partial charge on any atom is -0.272 e. The summed E-state index contributed by atoms with van der Waals surface area (Å²) in [5.74, 6) is -0.171. The second-order valence-corrected chi connectivity index (χ2v) is 8.17. The summed E-state index contributed by atoms with van der Waals surface area (Å²) in [7, 11) is -3.18. The van der Waals surface area contributed by atoms with Crippen molar-refractivity contribution in [2.75, 3.05) is 18.8 Å². The number of nitrogens with one attached hydrogen (secondary N) is 1. The molecule has 0 aliphatic carbocycles. The second kappa shape index (κ2) is 9.15. The molecular weight excluding hydrogens is 328 g/mol. The Bertz CT molecular complexity index is 611. The number of piperidine rings is 1. The highest BCUT2D eigenvalue weighted by molar-refractivity contribution is 7.89. The molecule has 0 radical (unpaired) electrons. The third kappa shape index (κ3) is 5.58. The van der Waals surface area contributed by atoms with Crippen LogP contribution in [0.5, 0.6) is 0 Å². The number of hydrogen-bond donors (Lipinski definition) is 1. The molecule has 1 aromatic carbocycles. The van der Waals surface area contributed by atoms with Gasteiger partial charge < -0.3 is 0 Å². The number of amides is 1. The van der Waals surface area contributed by atoms with Crippen molar-refractivity contribution in [3.05, 3.63) is 35.9 Å². The van der Waals surface area contributed by atoms with E-state index in [4.69, 9.17) is 4.84 Å². The number of rotatable bonds is 8. The van der Waals surface area contributed by atoms with E-state index in [2.05, 4.69) is 5.48 Å². The van der Waals surface area contributed by atoms with Gasteiger partial charge in [-0.25, -0.2) is 18.2 Å². The van der Waals surface area contributed by atoms with E-state index < -0.39 is 10.0 Å². The molecule has 1 amide bonds. The molecule has 6 nitrogen and oxygen atoms in total. The van der Waals surface area contributed by atoms with E-state index in [1.807, 2.05) is 37.3 Å². The van der Waals surface area contributed by atoms with Crippen molar-refractivity contribution in [3.63, 3.8) is 0 Å². The Morgan fingerprint density at radius 2 is 1.92 bits per heavy atom. The topological polar surface area (TPSA) is 75.7 Å². The Balaban J connectivity index is 1.72. The summed E-state index contributed by atoms with van der Waals surface area (Å²) in [6.07, 6.45) is 2.60. The van der Waals surface area contributed by atoms with E-state index in [0.29, 0.717) is 39.0 Å². The molecule has 134 valence electrons. The van der Waals surface area contributed by atoms with Crippen LogP contribution in [0.2, 0.25) is 0 Å². The second-order valence-electron chi connectivity index (χ2n) is 6.08. The van der Waals surface area contributed by atoms with Crippen molar-refractivity contribution >= 4 is 15.9 Å². The Morgan fingerprint density at radius 3 is 2.54 bits per heavy atom. The first-order chi connectivity index (χ1) is 11.5. The first kappa shape index (κ1) is 18.9. The van der Waals surface area contributed by atoms with Crippen LogP contribution in [0.25, 0.3) is 0 Å². The molecule has 24 heavy (non-hydrogen) atoms. The first-order valence-corrected chi connectivity index (χ1v) is 10.1. The highest BCUT2D eigenvalue weighted by Crippen LogP contribution is 2.20.